The van der Waals surface area contributed by atoms with Gasteiger partial charge in [0.1, 0.15) is 0 Å². The molecule has 2 saturated heterocycles. The minimum absolute atomic E-state index is 0.0864. The molecule has 2 aliphatic heterocycles. The Kier molecular flexibility index (Phi) is 5.27. The highest BCUT2D eigenvalue weighted by atomic mass is 16.2. The lowest BCUT2D eigenvalue weighted by Gasteiger charge is -2.29. The number of carbonyl (C=O) groups excluding carboxylic acids is 4. The molecule has 39 heavy (non-hydrogen) atoms. The van der Waals surface area contributed by atoms with Crippen LogP contribution in [0.2, 0.25) is 0 Å². The number of fused-ring (bicyclic) bond motifs is 3. The number of anilines is 2. The molecule has 4 amide bonds. The Labute approximate surface area is 225 Å². The van der Waals surface area contributed by atoms with Crippen LogP contribution in [-0.4, -0.2) is 23.6 Å². The Morgan fingerprint density at radius 3 is 1.79 bits per heavy atom. The summed E-state index contributed by atoms with van der Waals surface area (Å²) < 4.78 is 0. The first-order chi connectivity index (χ1) is 18.9. The van der Waals surface area contributed by atoms with Crippen molar-refractivity contribution in [3.05, 3.63) is 96.6 Å². The van der Waals surface area contributed by atoms with Gasteiger partial charge >= 0.3 is 0 Å². The van der Waals surface area contributed by atoms with E-state index in [0.29, 0.717) is 17.8 Å². The topological polar surface area (TPSA) is 74.8 Å². The Morgan fingerprint density at radius 2 is 1.15 bits per heavy atom. The van der Waals surface area contributed by atoms with E-state index in [2.05, 4.69) is 0 Å². The first-order valence-electron chi connectivity index (χ1n) is 13.3. The number of allylic oxidation sites excluding steroid dienone is 1. The lowest BCUT2D eigenvalue weighted by molar-refractivity contribution is -0.125. The molecule has 2 fully saturated rings. The van der Waals surface area contributed by atoms with Crippen molar-refractivity contribution < 1.29 is 19.2 Å². The summed E-state index contributed by atoms with van der Waals surface area (Å²) in [5.74, 6) is -2.91. The van der Waals surface area contributed by atoms with Gasteiger partial charge in [0.05, 0.1) is 29.1 Å². The summed E-state index contributed by atoms with van der Waals surface area (Å²) in [5, 5.41) is 3.61. The molecule has 3 aliphatic rings. The van der Waals surface area contributed by atoms with Gasteiger partial charge in [0.2, 0.25) is 23.6 Å². The van der Waals surface area contributed by atoms with Gasteiger partial charge in [-0.05, 0) is 42.2 Å². The smallest absolute Gasteiger partial charge is 0.241 e. The molecule has 0 bridgehead atoms. The molecular formula is C33H26N2O4. The average Bonchev–Trinajstić information content (AvgIpc) is 3.39. The zero-order chi connectivity index (χ0) is 26.8. The molecule has 4 aromatic carbocycles. The van der Waals surface area contributed by atoms with Gasteiger partial charge in [-0.2, -0.15) is 0 Å². The van der Waals surface area contributed by atoms with Crippen LogP contribution in [0.4, 0.5) is 11.4 Å². The summed E-state index contributed by atoms with van der Waals surface area (Å²) >= 11 is 0. The maximum absolute atomic E-state index is 13.8. The van der Waals surface area contributed by atoms with Crippen molar-refractivity contribution in [3.8, 4) is 0 Å². The summed E-state index contributed by atoms with van der Waals surface area (Å²) in [5.41, 5.74) is 1.98. The van der Waals surface area contributed by atoms with Gasteiger partial charge in [-0.15, -0.1) is 0 Å². The van der Waals surface area contributed by atoms with Gasteiger partial charge in [0.15, 0.2) is 0 Å². The molecule has 0 aromatic heterocycles. The Hall–Kier alpha value is -4.58. The monoisotopic (exact) mass is 514 g/mol. The molecule has 0 N–H and O–H groups in total. The van der Waals surface area contributed by atoms with Crippen LogP contribution < -0.4 is 9.80 Å². The van der Waals surface area contributed by atoms with E-state index in [-0.39, 0.29) is 36.0 Å². The number of carbonyl (C=O) groups is 4. The quantitative estimate of drug-likeness (QED) is 0.262. The minimum Gasteiger partial charge on any atom is -0.274 e. The van der Waals surface area contributed by atoms with Crippen LogP contribution in [0.3, 0.4) is 0 Å². The van der Waals surface area contributed by atoms with Crippen LogP contribution in [0.15, 0.2) is 96.6 Å². The summed E-state index contributed by atoms with van der Waals surface area (Å²) in [6.45, 7) is 1.87. The number of benzene rings is 4. The molecule has 0 spiro atoms. The second-order valence-corrected chi connectivity index (χ2v) is 10.8. The maximum atomic E-state index is 13.8. The van der Waals surface area contributed by atoms with E-state index in [1.165, 1.54) is 9.80 Å². The second kappa shape index (κ2) is 8.73. The van der Waals surface area contributed by atoms with Crippen molar-refractivity contribution in [2.24, 2.45) is 23.7 Å². The number of hydrogen-bond donors (Lipinski definition) is 0. The third-order valence-electron chi connectivity index (χ3n) is 8.63. The van der Waals surface area contributed by atoms with E-state index < -0.39 is 17.8 Å². The Bertz CT molecular complexity index is 1740. The fourth-order valence-electron chi connectivity index (χ4n) is 6.85. The second-order valence-electron chi connectivity index (χ2n) is 10.8. The van der Waals surface area contributed by atoms with E-state index in [9.17, 15) is 19.2 Å². The molecule has 2 heterocycles. The van der Waals surface area contributed by atoms with Crippen molar-refractivity contribution in [1.29, 1.82) is 0 Å². The van der Waals surface area contributed by atoms with Crippen LogP contribution in [0.25, 0.3) is 21.5 Å². The normalized spacial score (nSPS) is 25.1. The van der Waals surface area contributed by atoms with Crippen LogP contribution in [0, 0.1) is 23.7 Å². The molecule has 192 valence electrons. The van der Waals surface area contributed by atoms with E-state index in [1.807, 2.05) is 91.9 Å². The van der Waals surface area contributed by atoms with Crippen molar-refractivity contribution in [2.75, 3.05) is 9.80 Å². The molecular weight excluding hydrogens is 488 g/mol. The number of imide groups is 2. The number of amides is 4. The van der Waals surface area contributed by atoms with Gasteiger partial charge in [0.25, 0.3) is 0 Å². The largest absolute Gasteiger partial charge is 0.274 e. The predicted molar refractivity (Wildman–Crippen MR) is 150 cm³/mol. The molecule has 6 heteroatoms. The Morgan fingerprint density at radius 1 is 0.615 bits per heavy atom. The molecule has 0 radical (unpaired) electrons. The highest BCUT2D eigenvalue weighted by molar-refractivity contribution is 6.26. The summed E-state index contributed by atoms with van der Waals surface area (Å²) in [7, 11) is 0. The highest BCUT2D eigenvalue weighted by Gasteiger charge is 2.54. The van der Waals surface area contributed by atoms with Gasteiger partial charge < -0.3 is 0 Å². The molecule has 0 unspecified atom stereocenters. The Balaban J connectivity index is 1.21. The summed E-state index contributed by atoms with van der Waals surface area (Å²) in [4.78, 5) is 57.1. The molecule has 0 saturated carbocycles. The summed E-state index contributed by atoms with van der Waals surface area (Å²) in [6.07, 6.45) is 2.41. The SMILES string of the molecule is CC1=C[C@H]([C@@H]2CC(=O)N(c3cccc4ccccc34)C2=O)C[C@@H]2C(=O)N(c3cccc4ccccc34)C(=O)[C@@H]12. The highest BCUT2D eigenvalue weighted by Crippen LogP contribution is 2.47. The molecule has 6 nitrogen and oxygen atoms in total. The van der Waals surface area contributed by atoms with E-state index in [1.54, 1.807) is 6.07 Å². The first-order valence-corrected chi connectivity index (χ1v) is 13.3. The van der Waals surface area contributed by atoms with Gasteiger partial charge in [0, 0.05) is 17.2 Å². The first kappa shape index (κ1) is 23.5. The third kappa shape index (κ3) is 3.48. The van der Waals surface area contributed by atoms with Crippen LogP contribution in [-0.2, 0) is 19.2 Å². The third-order valence-corrected chi connectivity index (χ3v) is 8.63. The number of rotatable bonds is 3. The van der Waals surface area contributed by atoms with E-state index >= 15 is 0 Å². The van der Waals surface area contributed by atoms with Crippen molar-refractivity contribution >= 4 is 56.5 Å². The maximum Gasteiger partial charge on any atom is 0.241 e. The summed E-state index contributed by atoms with van der Waals surface area (Å²) in [6, 6.07) is 26.6. The van der Waals surface area contributed by atoms with E-state index in [4.69, 9.17) is 0 Å². The zero-order valence-corrected chi connectivity index (χ0v) is 21.4. The molecule has 1 aliphatic carbocycles. The van der Waals surface area contributed by atoms with Crippen molar-refractivity contribution in [3.63, 3.8) is 0 Å². The number of nitrogens with zero attached hydrogens (tertiary/aromatic N) is 2. The van der Waals surface area contributed by atoms with Gasteiger partial charge in [-0.1, -0.05) is 84.4 Å². The lowest BCUT2D eigenvalue weighted by atomic mass is 9.71. The predicted octanol–water partition coefficient (Wildman–Crippen LogP) is 5.64. The lowest BCUT2D eigenvalue weighted by Crippen LogP contribution is -2.35. The fraction of sp³-hybridized carbons (Fsp3) is 0.212. The average molecular weight is 515 g/mol. The standard InChI is InChI=1S/C33H26N2O4/c1-19-16-22(25-18-29(36)34(31(25)37)27-14-6-10-20-8-2-4-12-23(20)27)17-26-30(19)33(39)35(32(26)38)28-15-7-11-21-9-3-5-13-24(21)28/h2-16,22,25-26,30H,17-18H2,1H3/t22-,25-,26-,30-/m0/s1. The van der Waals surface area contributed by atoms with Crippen molar-refractivity contribution in [2.45, 2.75) is 19.8 Å². The van der Waals surface area contributed by atoms with E-state index in [0.717, 1.165) is 27.1 Å². The zero-order valence-electron chi connectivity index (χ0n) is 21.4. The van der Waals surface area contributed by atoms with Gasteiger partial charge in [-0.3, -0.25) is 19.2 Å². The number of hydrogen-bond acceptors (Lipinski definition) is 4. The van der Waals surface area contributed by atoms with Gasteiger partial charge in [-0.25, -0.2) is 9.80 Å². The molecule has 7 rings (SSSR count). The fourth-order valence-corrected chi connectivity index (χ4v) is 6.85. The molecule has 4 atom stereocenters. The minimum atomic E-state index is -0.568. The van der Waals surface area contributed by atoms with Crippen LogP contribution in [0.1, 0.15) is 19.8 Å². The van der Waals surface area contributed by atoms with Crippen molar-refractivity contribution in [1.82, 2.24) is 0 Å². The van der Waals surface area contributed by atoms with Crippen LogP contribution in [0.5, 0.6) is 0 Å². The van der Waals surface area contributed by atoms with Crippen LogP contribution >= 0.6 is 0 Å². The molecule has 4 aromatic rings.